The summed E-state index contributed by atoms with van der Waals surface area (Å²) in [5.41, 5.74) is 0.472. The van der Waals surface area contributed by atoms with Crippen LogP contribution in [0.3, 0.4) is 0 Å². The smallest absolute Gasteiger partial charge is 0.270 e. The van der Waals surface area contributed by atoms with E-state index in [1.807, 2.05) is 0 Å². The van der Waals surface area contributed by atoms with Crippen molar-refractivity contribution >= 4 is 17.8 Å². The molecule has 0 unspecified atom stereocenters. The van der Waals surface area contributed by atoms with Crippen LogP contribution in [0.25, 0.3) is 0 Å². The number of hydrogen-bond donors (Lipinski definition) is 1. The molecule has 0 saturated carbocycles. The van der Waals surface area contributed by atoms with Crippen LogP contribution in [-0.4, -0.2) is 32.1 Å². The number of oxime groups is 1. The quantitative estimate of drug-likeness (QED) is 0.445. The van der Waals surface area contributed by atoms with E-state index in [1.54, 1.807) is 18.2 Å². The molecule has 0 atom stereocenters. The van der Waals surface area contributed by atoms with Crippen LogP contribution in [0.15, 0.2) is 47.6 Å². The zero-order valence-electron chi connectivity index (χ0n) is 13.8. The van der Waals surface area contributed by atoms with E-state index in [0.29, 0.717) is 42.6 Å². The fourth-order valence-electron chi connectivity index (χ4n) is 2.13. The van der Waals surface area contributed by atoms with Crippen LogP contribution in [-0.2, 0) is 9.63 Å². The summed E-state index contributed by atoms with van der Waals surface area (Å²) in [6, 6.07) is 10.8. The molecule has 1 aliphatic rings. The number of amides is 1. The molecule has 0 spiro atoms. The number of benzene rings is 2. The molecular weight excluding hydrogens is 343 g/mol. The van der Waals surface area contributed by atoms with Crippen molar-refractivity contribution < 1.29 is 28.2 Å². The topological polar surface area (TPSA) is 78.4 Å². The third-order valence-electron chi connectivity index (χ3n) is 3.35. The standard InChI is InChI=1S/C18H17FN2O5/c19-13-2-4-14(5-3-13)21-18(22)11-20-26-9-1-8-23-15-6-7-16-17(10-15)25-12-24-16/h2-7,10-11H,1,8-9,12H2,(H,21,22)/b20-11+. The van der Waals surface area contributed by atoms with Crippen LogP contribution in [0.1, 0.15) is 6.42 Å². The van der Waals surface area contributed by atoms with E-state index in [1.165, 1.54) is 24.3 Å². The van der Waals surface area contributed by atoms with E-state index in [4.69, 9.17) is 19.0 Å². The van der Waals surface area contributed by atoms with Gasteiger partial charge in [-0.3, -0.25) is 4.79 Å². The molecule has 2 aromatic carbocycles. The molecule has 3 rings (SSSR count). The molecule has 8 heteroatoms. The molecule has 0 aromatic heterocycles. The summed E-state index contributed by atoms with van der Waals surface area (Å²) in [6.45, 7) is 0.946. The van der Waals surface area contributed by atoms with Crippen molar-refractivity contribution in [1.29, 1.82) is 0 Å². The molecule has 26 heavy (non-hydrogen) atoms. The van der Waals surface area contributed by atoms with Gasteiger partial charge in [0, 0.05) is 18.2 Å². The first kappa shape index (κ1) is 17.5. The Balaban J connectivity index is 1.29. The average Bonchev–Trinajstić information content (AvgIpc) is 3.10. The van der Waals surface area contributed by atoms with Gasteiger partial charge < -0.3 is 24.4 Å². The molecule has 2 aromatic rings. The van der Waals surface area contributed by atoms with Gasteiger partial charge in [-0.05, 0) is 36.4 Å². The van der Waals surface area contributed by atoms with Crippen molar-refractivity contribution in [2.24, 2.45) is 5.16 Å². The summed E-state index contributed by atoms with van der Waals surface area (Å²) in [6.07, 6.45) is 1.60. The second-order valence-electron chi connectivity index (χ2n) is 5.28. The fourth-order valence-corrected chi connectivity index (χ4v) is 2.13. The number of hydrogen-bond acceptors (Lipinski definition) is 6. The van der Waals surface area contributed by atoms with Crippen molar-refractivity contribution in [3.05, 3.63) is 48.3 Å². The Morgan fingerprint density at radius 3 is 2.81 bits per heavy atom. The predicted octanol–water partition coefficient (Wildman–Crippen LogP) is 2.96. The molecule has 0 aliphatic carbocycles. The number of nitrogens with zero attached hydrogens (tertiary/aromatic N) is 1. The minimum absolute atomic E-state index is 0.222. The number of ether oxygens (including phenoxy) is 3. The molecule has 1 N–H and O–H groups in total. The van der Waals surface area contributed by atoms with E-state index in [-0.39, 0.29) is 12.6 Å². The van der Waals surface area contributed by atoms with Crippen LogP contribution in [0.4, 0.5) is 10.1 Å². The van der Waals surface area contributed by atoms with Crippen molar-refractivity contribution in [2.45, 2.75) is 6.42 Å². The highest BCUT2D eigenvalue weighted by Gasteiger charge is 2.13. The second-order valence-corrected chi connectivity index (χ2v) is 5.28. The van der Waals surface area contributed by atoms with E-state index in [2.05, 4.69) is 10.5 Å². The van der Waals surface area contributed by atoms with Gasteiger partial charge in [-0.15, -0.1) is 0 Å². The summed E-state index contributed by atoms with van der Waals surface area (Å²) in [5, 5.41) is 6.11. The Kier molecular flexibility index (Phi) is 5.87. The maximum absolute atomic E-state index is 12.8. The number of fused-ring (bicyclic) bond motifs is 1. The first-order valence-corrected chi connectivity index (χ1v) is 7.95. The Hall–Kier alpha value is -3.29. The fraction of sp³-hybridized carbons (Fsp3) is 0.222. The van der Waals surface area contributed by atoms with Crippen molar-refractivity contribution in [2.75, 3.05) is 25.3 Å². The Bertz CT molecular complexity index is 780. The lowest BCUT2D eigenvalue weighted by Gasteiger charge is -2.06. The monoisotopic (exact) mass is 360 g/mol. The SMILES string of the molecule is O=C(/C=N/OCCCOc1ccc2c(c1)OCO2)Nc1ccc(F)cc1. The molecule has 1 aliphatic heterocycles. The maximum Gasteiger partial charge on any atom is 0.270 e. The Morgan fingerprint density at radius 1 is 1.15 bits per heavy atom. The lowest BCUT2D eigenvalue weighted by molar-refractivity contribution is -0.110. The molecule has 0 radical (unpaired) electrons. The van der Waals surface area contributed by atoms with E-state index >= 15 is 0 Å². The summed E-state index contributed by atoms with van der Waals surface area (Å²) in [4.78, 5) is 16.6. The van der Waals surface area contributed by atoms with E-state index in [9.17, 15) is 9.18 Å². The zero-order valence-corrected chi connectivity index (χ0v) is 13.8. The highest BCUT2D eigenvalue weighted by atomic mass is 19.1. The van der Waals surface area contributed by atoms with Gasteiger partial charge in [-0.1, -0.05) is 5.16 Å². The molecule has 7 nitrogen and oxygen atoms in total. The molecule has 1 heterocycles. The first-order valence-electron chi connectivity index (χ1n) is 7.95. The van der Waals surface area contributed by atoms with Gasteiger partial charge in [0.2, 0.25) is 6.79 Å². The Morgan fingerprint density at radius 2 is 1.96 bits per heavy atom. The number of nitrogens with one attached hydrogen (secondary N) is 1. The molecular formula is C18H17FN2O5. The van der Waals surface area contributed by atoms with Gasteiger partial charge in [0.25, 0.3) is 5.91 Å². The predicted molar refractivity (Wildman–Crippen MR) is 92.2 cm³/mol. The van der Waals surface area contributed by atoms with Gasteiger partial charge in [-0.2, -0.15) is 0 Å². The molecule has 136 valence electrons. The van der Waals surface area contributed by atoms with Gasteiger partial charge in [0.1, 0.15) is 24.4 Å². The van der Waals surface area contributed by atoms with Crippen LogP contribution < -0.4 is 19.5 Å². The highest BCUT2D eigenvalue weighted by molar-refractivity contribution is 6.31. The average molecular weight is 360 g/mol. The van der Waals surface area contributed by atoms with Crippen molar-refractivity contribution in [3.8, 4) is 17.2 Å². The summed E-state index contributed by atoms with van der Waals surface area (Å²) in [7, 11) is 0. The summed E-state index contributed by atoms with van der Waals surface area (Å²) >= 11 is 0. The number of rotatable bonds is 8. The molecule has 0 saturated heterocycles. The lowest BCUT2D eigenvalue weighted by atomic mass is 10.3. The lowest BCUT2D eigenvalue weighted by Crippen LogP contribution is -2.13. The van der Waals surface area contributed by atoms with Gasteiger partial charge >= 0.3 is 0 Å². The van der Waals surface area contributed by atoms with Crippen LogP contribution in [0.2, 0.25) is 0 Å². The molecule has 1 amide bonds. The number of carbonyl (C=O) groups excluding carboxylic acids is 1. The van der Waals surface area contributed by atoms with Gasteiger partial charge in [-0.25, -0.2) is 4.39 Å². The van der Waals surface area contributed by atoms with E-state index in [0.717, 1.165) is 6.21 Å². The maximum atomic E-state index is 12.8. The minimum Gasteiger partial charge on any atom is -0.493 e. The molecule has 0 bridgehead atoms. The van der Waals surface area contributed by atoms with Crippen LogP contribution >= 0.6 is 0 Å². The highest BCUT2D eigenvalue weighted by Crippen LogP contribution is 2.35. The minimum atomic E-state index is -0.465. The third-order valence-corrected chi connectivity index (χ3v) is 3.35. The zero-order chi connectivity index (χ0) is 18.2. The van der Waals surface area contributed by atoms with Crippen LogP contribution in [0.5, 0.6) is 17.2 Å². The van der Waals surface area contributed by atoms with Gasteiger partial charge in [0.05, 0.1) is 6.61 Å². The van der Waals surface area contributed by atoms with Crippen molar-refractivity contribution in [1.82, 2.24) is 0 Å². The van der Waals surface area contributed by atoms with E-state index < -0.39 is 5.91 Å². The number of carbonyl (C=O) groups is 1. The molecule has 0 fully saturated rings. The largest absolute Gasteiger partial charge is 0.493 e. The summed E-state index contributed by atoms with van der Waals surface area (Å²) in [5.74, 6) is 1.21. The second kappa shape index (κ2) is 8.70. The first-order chi connectivity index (χ1) is 12.7. The van der Waals surface area contributed by atoms with Crippen LogP contribution in [0, 0.1) is 5.82 Å². The summed E-state index contributed by atoms with van der Waals surface area (Å²) < 4.78 is 28.8. The number of anilines is 1. The Labute approximate surface area is 149 Å². The van der Waals surface area contributed by atoms with Crippen molar-refractivity contribution in [3.63, 3.8) is 0 Å². The third kappa shape index (κ3) is 5.10. The number of halogens is 1. The van der Waals surface area contributed by atoms with Gasteiger partial charge in [0.15, 0.2) is 11.5 Å². The normalized spacial score (nSPS) is 12.2.